The average molecular weight is 275 g/mol. The SMILES string of the molecule is CCC(CC)CN(CC(CC)CC)c1ccc(C)cc1. The smallest absolute Gasteiger partial charge is 0.0366 e. The summed E-state index contributed by atoms with van der Waals surface area (Å²) in [7, 11) is 0. The highest BCUT2D eigenvalue weighted by Crippen LogP contribution is 2.22. The number of benzene rings is 1. The fraction of sp³-hybridized carbons (Fsp3) is 0.684. The van der Waals surface area contributed by atoms with Gasteiger partial charge in [-0.15, -0.1) is 0 Å². The standard InChI is InChI=1S/C19H33N/c1-6-17(7-2)14-20(15-18(8-3)9-4)19-12-10-16(5)11-13-19/h10-13,17-18H,6-9,14-15H2,1-5H3. The molecule has 0 heterocycles. The van der Waals surface area contributed by atoms with Gasteiger partial charge in [-0.3, -0.25) is 0 Å². The molecular weight excluding hydrogens is 242 g/mol. The molecule has 0 bridgehead atoms. The summed E-state index contributed by atoms with van der Waals surface area (Å²) >= 11 is 0. The molecule has 0 atom stereocenters. The van der Waals surface area contributed by atoms with E-state index in [1.807, 2.05) is 0 Å². The minimum Gasteiger partial charge on any atom is -0.371 e. The fourth-order valence-corrected chi connectivity index (χ4v) is 2.76. The van der Waals surface area contributed by atoms with E-state index >= 15 is 0 Å². The third kappa shape index (κ3) is 5.19. The van der Waals surface area contributed by atoms with E-state index in [1.165, 1.54) is 50.0 Å². The molecule has 1 aromatic rings. The van der Waals surface area contributed by atoms with Gasteiger partial charge in [-0.05, 0) is 30.9 Å². The molecular formula is C19H33N. The van der Waals surface area contributed by atoms with Gasteiger partial charge in [0.2, 0.25) is 0 Å². The van der Waals surface area contributed by atoms with E-state index < -0.39 is 0 Å². The maximum Gasteiger partial charge on any atom is 0.0366 e. The Morgan fingerprint density at radius 2 is 1.15 bits per heavy atom. The number of hydrogen-bond donors (Lipinski definition) is 0. The lowest BCUT2D eigenvalue weighted by molar-refractivity contribution is 0.434. The summed E-state index contributed by atoms with van der Waals surface area (Å²) < 4.78 is 0. The van der Waals surface area contributed by atoms with Crippen molar-refractivity contribution in [3.8, 4) is 0 Å². The predicted octanol–water partition coefficient (Wildman–Crippen LogP) is 5.67. The summed E-state index contributed by atoms with van der Waals surface area (Å²) in [5.74, 6) is 1.62. The van der Waals surface area contributed by atoms with Crippen LogP contribution < -0.4 is 4.90 Å². The van der Waals surface area contributed by atoms with Gasteiger partial charge in [0.1, 0.15) is 0 Å². The van der Waals surface area contributed by atoms with Crippen LogP contribution in [0.3, 0.4) is 0 Å². The Hall–Kier alpha value is -0.980. The van der Waals surface area contributed by atoms with Gasteiger partial charge in [0.25, 0.3) is 0 Å². The second-order valence-electron chi connectivity index (χ2n) is 6.11. The molecule has 1 nitrogen and oxygen atoms in total. The van der Waals surface area contributed by atoms with Crippen LogP contribution in [-0.2, 0) is 0 Å². The number of rotatable bonds is 9. The Labute approximate surface area is 126 Å². The third-order valence-corrected chi connectivity index (χ3v) is 4.67. The van der Waals surface area contributed by atoms with Crippen molar-refractivity contribution in [2.45, 2.75) is 60.3 Å². The Morgan fingerprint density at radius 3 is 1.50 bits per heavy atom. The monoisotopic (exact) mass is 275 g/mol. The van der Waals surface area contributed by atoms with Crippen molar-refractivity contribution in [2.24, 2.45) is 11.8 Å². The molecule has 1 aromatic carbocycles. The number of hydrogen-bond acceptors (Lipinski definition) is 1. The zero-order valence-electron chi connectivity index (χ0n) is 14.2. The highest BCUT2D eigenvalue weighted by Gasteiger charge is 2.15. The van der Waals surface area contributed by atoms with Crippen LogP contribution in [0.2, 0.25) is 0 Å². The van der Waals surface area contributed by atoms with Gasteiger partial charge in [0.15, 0.2) is 0 Å². The first-order valence-corrected chi connectivity index (χ1v) is 8.46. The summed E-state index contributed by atoms with van der Waals surface area (Å²) in [6.07, 6.45) is 5.12. The molecule has 0 aliphatic carbocycles. The molecule has 1 heteroatoms. The van der Waals surface area contributed by atoms with Crippen molar-refractivity contribution >= 4 is 5.69 Å². The van der Waals surface area contributed by atoms with Gasteiger partial charge in [-0.2, -0.15) is 0 Å². The van der Waals surface area contributed by atoms with Gasteiger partial charge in [-0.25, -0.2) is 0 Å². The van der Waals surface area contributed by atoms with Gasteiger partial charge in [-0.1, -0.05) is 71.1 Å². The topological polar surface area (TPSA) is 3.24 Å². The summed E-state index contributed by atoms with van der Waals surface area (Å²) in [4.78, 5) is 2.62. The molecule has 0 unspecified atom stereocenters. The molecule has 0 amide bonds. The molecule has 0 aliphatic heterocycles. The second kappa shape index (κ2) is 9.05. The zero-order chi connectivity index (χ0) is 15.0. The van der Waals surface area contributed by atoms with E-state index in [1.54, 1.807) is 0 Å². The Morgan fingerprint density at radius 1 is 0.750 bits per heavy atom. The Bertz CT molecular complexity index is 333. The quantitative estimate of drug-likeness (QED) is 0.561. The van der Waals surface area contributed by atoms with Crippen molar-refractivity contribution in [1.29, 1.82) is 0 Å². The minimum absolute atomic E-state index is 0.811. The highest BCUT2D eigenvalue weighted by molar-refractivity contribution is 5.47. The van der Waals surface area contributed by atoms with Crippen LogP contribution in [0.1, 0.15) is 58.9 Å². The van der Waals surface area contributed by atoms with E-state index in [-0.39, 0.29) is 0 Å². The molecule has 0 fully saturated rings. The lowest BCUT2D eigenvalue weighted by Gasteiger charge is -2.32. The lowest BCUT2D eigenvalue weighted by atomic mass is 9.99. The molecule has 0 radical (unpaired) electrons. The van der Waals surface area contributed by atoms with Crippen LogP contribution in [0.5, 0.6) is 0 Å². The Balaban J connectivity index is 2.85. The first-order chi connectivity index (χ1) is 9.64. The maximum absolute atomic E-state index is 2.62. The largest absolute Gasteiger partial charge is 0.371 e. The molecule has 0 spiro atoms. The van der Waals surface area contributed by atoms with Crippen molar-refractivity contribution in [2.75, 3.05) is 18.0 Å². The first kappa shape index (κ1) is 17.1. The van der Waals surface area contributed by atoms with Crippen molar-refractivity contribution < 1.29 is 0 Å². The van der Waals surface area contributed by atoms with Crippen LogP contribution in [0, 0.1) is 18.8 Å². The summed E-state index contributed by atoms with van der Waals surface area (Å²) in [6, 6.07) is 9.06. The molecule has 0 aromatic heterocycles. The maximum atomic E-state index is 2.62. The van der Waals surface area contributed by atoms with Crippen LogP contribution in [0.15, 0.2) is 24.3 Å². The van der Waals surface area contributed by atoms with Gasteiger partial charge < -0.3 is 4.90 Å². The van der Waals surface area contributed by atoms with Crippen LogP contribution >= 0.6 is 0 Å². The minimum atomic E-state index is 0.811. The van der Waals surface area contributed by atoms with Crippen molar-refractivity contribution in [3.05, 3.63) is 29.8 Å². The van der Waals surface area contributed by atoms with Gasteiger partial charge in [0, 0.05) is 18.8 Å². The van der Waals surface area contributed by atoms with Gasteiger partial charge >= 0.3 is 0 Å². The molecule has 0 saturated carbocycles. The Kier molecular flexibility index (Phi) is 7.72. The van der Waals surface area contributed by atoms with Crippen LogP contribution in [-0.4, -0.2) is 13.1 Å². The summed E-state index contributed by atoms with van der Waals surface area (Å²) in [5, 5.41) is 0. The van der Waals surface area contributed by atoms with E-state index in [2.05, 4.69) is 63.8 Å². The van der Waals surface area contributed by atoms with E-state index in [0.29, 0.717) is 0 Å². The normalized spacial score (nSPS) is 11.3. The van der Waals surface area contributed by atoms with Gasteiger partial charge in [0.05, 0.1) is 0 Å². The third-order valence-electron chi connectivity index (χ3n) is 4.67. The van der Waals surface area contributed by atoms with Crippen molar-refractivity contribution in [1.82, 2.24) is 0 Å². The van der Waals surface area contributed by atoms with Crippen LogP contribution in [0.4, 0.5) is 5.69 Å². The molecule has 20 heavy (non-hydrogen) atoms. The second-order valence-corrected chi connectivity index (χ2v) is 6.11. The number of anilines is 1. The zero-order valence-corrected chi connectivity index (χ0v) is 14.2. The molecule has 0 N–H and O–H groups in total. The summed E-state index contributed by atoms with van der Waals surface area (Å²) in [5.41, 5.74) is 2.74. The number of nitrogens with zero attached hydrogens (tertiary/aromatic N) is 1. The number of aryl methyl sites for hydroxylation is 1. The van der Waals surface area contributed by atoms with E-state index in [9.17, 15) is 0 Å². The predicted molar refractivity (Wildman–Crippen MR) is 91.5 cm³/mol. The first-order valence-electron chi connectivity index (χ1n) is 8.46. The molecule has 0 aliphatic rings. The van der Waals surface area contributed by atoms with E-state index in [4.69, 9.17) is 0 Å². The average Bonchev–Trinajstić information content (AvgIpc) is 2.49. The van der Waals surface area contributed by atoms with Crippen molar-refractivity contribution in [3.63, 3.8) is 0 Å². The summed E-state index contributed by atoms with van der Waals surface area (Å²) in [6.45, 7) is 13.8. The van der Waals surface area contributed by atoms with E-state index in [0.717, 1.165) is 11.8 Å². The molecule has 0 saturated heterocycles. The molecule has 114 valence electrons. The fourth-order valence-electron chi connectivity index (χ4n) is 2.76. The molecule has 1 rings (SSSR count). The lowest BCUT2D eigenvalue weighted by Crippen LogP contribution is -2.33. The van der Waals surface area contributed by atoms with Crippen LogP contribution in [0.25, 0.3) is 0 Å². The highest BCUT2D eigenvalue weighted by atomic mass is 15.1.